The van der Waals surface area contributed by atoms with Gasteiger partial charge in [0, 0.05) is 13.1 Å². The predicted octanol–water partition coefficient (Wildman–Crippen LogP) is -0.251. The number of aliphatic hydroxyl groups excluding tert-OH is 1. The Morgan fingerprint density at radius 1 is 1.56 bits per heavy atom. The van der Waals surface area contributed by atoms with Crippen LogP contribution in [0.5, 0.6) is 0 Å². The van der Waals surface area contributed by atoms with Gasteiger partial charge in [0.15, 0.2) is 5.67 Å². The Bertz CT molecular complexity index is 284. The molecule has 5 nitrogen and oxygen atoms in total. The molecule has 2 fully saturated rings. The summed E-state index contributed by atoms with van der Waals surface area (Å²) in [7, 11) is 0. The van der Waals surface area contributed by atoms with E-state index in [2.05, 4.69) is 5.32 Å². The zero-order valence-corrected chi connectivity index (χ0v) is 9.33. The smallest absolute Gasteiger partial charge is 0.317 e. The molecule has 2 N–H and O–H groups in total. The van der Waals surface area contributed by atoms with E-state index in [9.17, 15) is 9.18 Å². The molecule has 0 aromatic rings. The molecule has 2 amide bonds. The van der Waals surface area contributed by atoms with Crippen LogP contribution >= 0.6 is 0 Å². The van der Waals surface area contributed by atoms with Crippen molar-refractivity contribution in [2.45, 2.75) is 12.6 Å². The van der Waals surface area contributed by atoms with Crippen LogP contribution < -0.4 is 5.32 Å². The van der Waals surface area contributed by atoms with Crippen molar-refractivity contribution in [3.05, 3.63) is 0 Å². The minimum absolute atomic E-state index is 0.0569. The lowest BCUT2D eigenvalue weighted by Crippen LogP contribution is -2.58. The van der Waals surface area contributed by atoms with Gasteiger partial charge in [-0.25, -0.2) is 9.18 Å². The molecule has 6 heteroatoms. The summed E-state index contributed by atoms with van der Waals surface area (Å²) in [5.41, 5.74) is -2.43. The molecule has 0 aromatic heterocycles. The molecule has 1 atom stereocenters. The second-order valence-corrected chi connectivity index (χ2v) is 4.59. The van der Waals surface area contributed by atoms with Gasteiger partial charge in [0.2, 0.25) is 0 Å². The van der Waals surface area contributed by atoms with Crippen LogP contribution in [0.1, 0.15) is 6.92 Å². The fourth-order valence-corrected chi connectivity index (χ4v) is 2.36. The second-order valence-electron chi connectivity index (χ2n) is 4.59. The summed E-state index contributed by atoms with van der Waals surface area (Å²) in [6, 6.07) is -0.276. The van der Waals surface area contributed by atoms with Crippen LogP contribution in [0, 0.1) is 5.41 Å². The Hall–Kier alpha value is -0.880. The number of ether oxygens (including phenoxy) is 1. The highest BCUT2D eigenvalue weighted by atomic mass is 19.1. The van der Waals surface area contributed by atoms with Gasteiger partial charge in [-0.1, -0.05) is 0 Å². The molecule has 0 bridgehead atoms. The summed E-state index contributed by atoms with van der Waals surface area (Å²) in [5.74, 6) is 0. The zero-order valence-electron chi connectivity index (χ0n) is 9.33. The van der Waals surface area contributed by atoms with Gasteiger partial charge in [-0.2, -0.15) is 0 Å². The van der Waals surface area contributed by atoms with Crippen LogP contribution in [0.4, 0.5) is 9.18 Å². The standard InChI is InChI=1S/C10H17FN2O3/c1-2-12-8(15)13-3-9(6-16-7-9)10(11,4-13)5-14/h14H,2-7H2,1H3,(H,12,15). The number of alkyl halides is 1. The van der Waals surface area contributed by atoms with Gasteiger partial charge >= 0.3 is 6.03 Å². The highest BCUT2D eigenvalue weighted by molar-refractivity contribution is 5.74. The van der Waals surface area contributed by atoms with Crippen LogP contribution in [-0.2, 0) is 4.74 Å². The maximum absolute atomic E-state index is 14.4. The van der Waals surface area contributed by atoms with Crippen molar-refractivity contribution in [3.8, 4) is 0 Å². The maximum Gasteiger partial charge on any atom is 0.317 e. The number of nitrogens with one attached hydrogen (secondary N) is 1. The first-order valence-corrected chi connectivity index (χ1v) is 5.47. The van der Waals surface area contributed by atoms with E-state index in [4.69, 9.17) is 9.84 Å². The first-order valence-electron chi connectivity index (χ1n) is 5.47. The number of carbonyl (C=O) groups excluding carboxylic acids is 1. The predicted molar refractivity (Wildman–Crippen MR) is 54.8 cm³/mol. The first-order chi connectivity index (χ1) is 7.57. The number of nitrogens with zero attached hydrogens (tertiary/aromatic N) is 1. The molecule has 0 aromatic carbocycles. The monoisotopic (exact) mass is 232 g/mol. The van der Waals surface area contributed by atoms with Gasteiger partial charge in [0.25, 0.3) is 0 Å². The van der Waals surface area contributed by atoms with Crippen molar-refractivity contribution in [2.75, 3.05) is 39.5 Å². The van der Waals surface area contributed by atoms with Gasteiger partial charge in [-0.3, -0.25) is 0 Å². The zero-order chi connectivity index (χ0) is 11.8. The Morgan fingerprint density at radius 3 is 2.62 bits per heavy atom. The number of amides is 2. The summed E-state index contributed by atoms with van der Waals surface area (Å²) in [4.78, 5) is 13.0. The third-order valence-corrected chi connectivity index (χ3v) is 3.51. The van der Waals surface area contributed by atoms with E-state index in [1.165, 1.54) is 4.90 Å². The van der Waals surface area contributed by atoms with E-state index in [1.807, 2.05) is 6.92 Å². The molecule has 16 heavy (non-hydrogen) atoms. The molecule has 2 saturated heterocycles. The molecule has 0 saturated carbocycles. The molecule has 0 aliphatic carbocycles. The van der Waals surface area contributed by atoms with E-state index in [1.54, 1.807) is 0 Å². The Kier molecular flexibility index (Phi) is 2.79. The Balaban J connectivity index is 2.10. The molecular weight excluding hydrogens is 215 g/mol. The maximum atomic E-state index is 14.4. The van der Waals surface area contributed by atoms with E-state index in [-0.39, 0.29) is 25.8 Å². The van der Waals surface area contributed by atoms with E-state index < -0.39 is 17.7 Å². The SMILES string of the molecule is CCNC(=O)N1CC(F)(CO)C2(COC2)C1. The average molecular weight is 232 g/mol. The van der Waals surface area contributed by atoms with Crippen molar-refractivity contribution < 1.29 is 19.0 Å². The molecule has 2 heterocycles. The number of likely N-dealkylation sites (tertiary alicyclic amines) is 1. The minimum Gasteiger partial charge on any atom is -0.393 e. The van der Waals surface area contributed by atoms with E-state index in [0.717, 1.165) is 0 Å². The summed E-state index contributed by atoms with van der Waals surface area (Å²) >= 11 is 0. The summed E-state index contributed by atoms with van der Waals surface area (Å²) in [6.07, 6.45) is 0. The van der Waals surface area contributed by atoms with Crippen molar-refractivity contribution in [3.63, 3.8) is 0 Å². The Morgan fingerprint density at radius 2 is 2.25 bits per heavy atom. The number of aliphatic hydroxyl groups is 1. The van der Waals surface area contributed by atoms with Gasteiger partial charge in [-0.15, -0.1) is 0 Å². The number of hydrogen-bond donors (Lipinski definition) is 2. The van der Waals surface area contributed by atoms with Gasteiger partial charge < -0.3 is 20.1 Å². The van der Waals surface area contributed by atoms with Crippen LogP contribution in [0.15, 0.2) is 0 Å². The highest BCUT2D eigenvalue weighted by Crippen LogP contribution is 2.47. The molecule has 1 unspecified atom stereocenters. The molecule has 2 rings (SSSR count). The number of hydrogen-bond acceptors (Lipinski definition) is 3. The number of urea groups is 1. The molecule has 2 aliphatic heterocycles. The van der Waals surface area contributed by atoms with Crippen molar-refractivity contribution in [1.82, 2.24) is 10.2 Å². The van der Waals surface area contributed by atoms with Crippen molar-refractivity contribution in [2.24, 2.45) is 5.41 Å². The molecule has 1 spiro atoms. The van der Waals surface area contributed by atoms with Gasteiger partial charge in [0.1, 0.15) is 0 Å². The fourth-order valence-electron chi connectivity index (χ4n) is 2.36. The van der Waals surface area contributed by atoms with Gasteiger partial charge in [-0.05, 0) is 6.92 Å². The summed E-state index contributed by atoms with van der Waals surface area (Å²) in [6.45, 7) is 2.57. The lowest BCUT2D eigenvalue weighted by molar-refractivity contribution is -0.178. The molecule has 2 aliphatic rings. The van der Waals surface area contributed by atoms with E-state index in [0.29, 0.717) is 13.1 Å². The number of halogens is 1. The largest absolute Gasteiger partial charge is 0.393 e. The third kappa shape index (κ3) is 1.48. The van der Waals surface area contributed by atoms with Crippen molar-refractivity contribution >= 4 is 6.03 Å². The lowest BCUT2D eigenvalue weighted by atomic mass is 9.74. The van der Waals surface area contributed by atoms with Crippen LogP contribution in [0.25, 0.3) is 0 Å². The summed E-state index contributed by atoms with van der Waals surface area (Å²) in [5, 5.41) is 11.8. The van der Waals surface area contributed by atoms with E-state index >= 15 is 0 Å². The van der Waals surface area contributed by atoms with Crippen LogP contribution in [0.3, 0.4) is 0 Å². The fraction of sp³-hybridized carbons (Fsp3) is 0.900. The molecule has 92 valence electrons. The van der Waals surface area contributed by atoms with Crippen LogP contribution in [-0.4, -0.2) is 61.2 Å². The number of carbonyl (C=O) groups is 1. The van der Waals surface area contributed by atoms with Crippen molar-refractivity contribution in [1.29, 1.82) is 0 Å². The highest BCUT2D eigenvalue weighted by Gasteiger charge is 2.63. The second kappa shape index (κ2) is 3.85. The molecule has 0 radical (unpaired) electrons. The lowest BCUT2D eigenvalue weighted by Gasteiger charge is -2.44. The Labute approximate surface area is 93.6 Å². The first kappa shape index (κ1) is 11.6. The number of rotatable bonds is 2. The quantitative estimate of drug-likeness (QED) is 0.690. The minimum atomic E-state index is -1.73. The third-order valence-electron chi connectivity index (χ3n) is 3.51. The van der Waals surface area contributed by atoms with Crippen LogP contribution in [0.2, 0.25) is 0 Å². The molecular formula is C10H17FN2O3. The average Bonchev–Trinajstić information content (AvgIpc) is 2.53. The topological polar surface area (TPSA) is 61.8 Å². The summed E-state index contributed by atoms with van der Waals surface area (Å²) < 4.78 is 19.5. The normalized spacial score (nSPS) is 31.6. The van der Waals surface area contributed by atoms with Gasteiger partial charge in [0.05, 0.1) is 31.8 Å².